The maximum Gasteiger partial charge on any atom is 0.285 e. The number of nitrogens with zero attached hydrogens (tertiary/aromatic N) is 1. The molecule has 0 N–H and O–H groups in total. The van der Waals surface area contributed by atoms with E-state index in [2.05, 4.69) is 42.2 Å². The van der Waals surface area contributed by atoms with E-state index in [4.69, 9.17) is 4.42 Å². The van der Waals surface area contributed by atoms with Gasteiger partial charge in [0.05, 0.1) is 13.0 Å². The zero-order valence-corrected chi connectivity index (χ0v) is 18.7. The van der Waals surface area contributed by atoms with Gasteiger partial charge >= 0.3 is 0 Å². The molecule has 0 bridgehead atoms. The van der Waals surface area contributed by atoms with Gasteiger partial charge in [-0.05, 0) is 42.0 Å². The maximum atomic E-state index is 12.9. The number of sulfonamides is 1. The summed E-state index contributed by atoms with van der Waals surface area (Å²) < 4.78 is 36.1. The van der Waals surface area contributed by atoms with Gasteiger partial charge in [-0.1, -0.05) is 67.7 Å². The summed E-state index contributed by atoms with van der Waals surface area (Å²) >= 11 is 0. The van der Waals surface area contributed by atoms with E-state index in [-0.39, 0.29) is 10.4 Å². The second-order valence-corrected chi connectivity index (χ2v) is 14.9. The average Bonchev–Trinajstić information content (AvgIpc) is 2.66. The van der Waals surface area contributed by atoms with Crippen LogP contribution < -0.4 is 10.7 Å². The molecule has 0 amide bonds. The second kappa shape index (κ2) is 6.97. The van der Waals surface area contributed by atoms with Gasteiger partial charge < -0.3 is 4.42 Å². The van der Waals surface area contributed by atoms with E-state index in [1.807, 2.05) is 31.2 Å². The molecule has 1 heterocycles. The van der Waals surface area contributed by atoms with Crippen molar-refractivity contribution >= 4 is 45.0 Å². The third-order valence-electron chi connectivity index (χ3n) is 4.99. The first-order valence-corrected chi connectivity index (χ1v) is 14.4. The van der Waals surface area contributed by atoms with Crippen LogP contribution in [0, 0.1) is 6.92 Å². The minimum atomic E-state index is -3.87. The summed E-state index contributed by atoms with van der Waals surface area (Å²) in [6.45, 7) is 8.39. The van der Waals surface area contributed by atoms with Crippen molar-refractivity contribution in [2.75, 3.05) is 0 Å². The number of hydrogen-bond acceptors (Lipinski definition) is 3. The molecule has 0 fully saturated rings. The van der Waals surface area contributed by atoms with E-state index >= 15 is 0 Å². The summed E-state index contributed by atoms with van der Waals surface area (Å²) in [5.41, 5.74) is 1.81. The molecular weight excluding hydrogens is 398 g/mol. The molecule has 1 aromatic heterocycles. The lowest BCUT2D eigenvalue weighted by Gasteiger charge is -2.17. The third-order valence-corrected chi connectivity index (χ3v) is 8.23. The largest absolute Gasteiger partial charge is 0.438 e. The summed E-state index contributed by atoms with van der Waals surface area (Å²) in [7, 11) is -5.81. The Labute approximate surface area is 171 Å². The van der Waals surface area contributed by atoms with Gasteiger partial charge in [0.15, 0.2) is 0 Å². The lowest BCUT2D eigenvalue weighted by atomic mass is 10.1. The molecule has 0 unspecified atom stereocenters. The van der Waals surface area contributed by atoms with Crippen LogP contribution in [-0.2, 0) is 10.0 Å². The van der Waals surface area contributed by atoms with Gasteiger partial charge in [0.25, 0.3) is 10.0 Å². The van der Waals surface area contributed by atoms with Gasteiger partial charge in [-0.25, -0.2) is 0 Å². The molecule has 0 radical (unpaired) electrons. The molecule has 4 nitrogen and oxygen atoms in total. The molecule has 6 heteroatoms. The van der Waals surface area contributed by atoms with Crippen molar-refractivity contribution in [3.8, 4) is 0 Å². The van der Waals surface area contributed by atoms with E-state index in [0.29, 0.717) is 5.58 Å². The van der Waals surface area contributed by atoms with Crippen molar-refractivity contribution in [3.05, 3.63) is 77.8 Å². The van der Waals surface area contributed by atoms with Crippen LogP contribution in [0.4, 0.5) is 0 Å². The molecule has 0 atom stereocenters. The molecule has 29 heavy (non-hydrogen) atoms. The van der Waals surface area contributed by atoms with Crippen LogP contribution in [0.5, 0.6) is 0 Å². The molecule has 3 aromatic carbocycles. The highest BCUT2D eigenvalue weighted by molar-refractivity contribution is 7.90. The maximum absolute atomic E-state index is 12.9. The Bertz CT molecular complexity index is 1400. The summed E-state index contributed by atoms with van der Waals surface area (Å²) in [5, 5.41) is 4.07. The first-order chi connectivity index (χ1) is 13.6. The van der Waals surface area contributed by atoms with Crippen molar-refractivity contribution in [2.24, 2.45) is 4.40 Å². The fourth-order valence-electron chi connectivity index (χ4n) is 3.36. The van der Waals surface area contributed by atoms with E-state index in [9.17, 15) is 8.42 Å². The van der Waals surface area contributed by atoms with Gasteiger partial charge in [0, 0.05) is 10.6 Å². The van der Waals surface area contributed by atoms with Crippen LogP contribution >= 0.6 is 0 Å². The molecule has 0 aliphatic carbocycles. The van der Waals surface area contributed by atoms with Crippen LogP contribution in [0.25, 0.3) is 21.7 Å². The smallest absolute Gasteiger partial charge is 0.285 e. The van der Waals surface area contributed by atoms with Crippen LogP contribution in [0.2, 0.25) is 19.6 Å². The number of benzene rings is 3. The first-order valence-electron chi connectivity index (χ1n) is 9.49. The van der Waals surface area contributed by atoms with Crippen LogP contribution in [0.3, 0.4) is 0 Å². The first kappa shape index (κ1) is 19.6. The highest BCUT2D eigenvalue weighted by Gasteiger charge is 2.23. The van der Waals surface area contributed by atoms with Crippen molar-refractivity contribution in [1.29, 1.82) is 0 Å². The topological polar surface area (TPSA) is 59.6 Å². The average molecular weight is 422 g/mol. The van der Waals surface area contributed by atoms with Gasteiger partial charge in [0.2, 0.25) is 5.55 Å². The molecule has 4 aromatic rings. The van der Waals surface area contributed by atoms with E-state index in [1.165, 1.54) is 0 Å². The zero-order chi connectivity index (χ0) is 20.8. The Hall–Kier alpha value is -2.70. The third kappa shape index (κ3) is 3.78. The highest BCUT2D eigenvalue weighted by atomic mass is 32.2. The molecule has 148 valence electrons. The summed E-state index contributed by atoms with van der Waals surface area (Å²) in [5.74, 6) is 0. The molecule has 0 aliphatic heterocycles. The Kier molecular flexibility index (Phi) is 4.71. The van der Waals surface area contributed by atoms with Crippen molar-refractivity contribution < 1.29 is 12.8 Å². The number of rotatable bonds is 3. The molecule has 0 saturated carbocycles. The normalized spacial score (nSPS) is 13.3. The molecule has 4 rings (SSSR count). The van der Waals surface area contributed by atoms with Crippen LogP contribution in [0.15, 0.2) is 80.4 Å². The number of hydrogen-bond donors (Lipinski definition) is 0. The van der Waals surface area contributed by atoms with E-state index < -0.39 is 18.1 Å². The zero-order valence-electron chi connectivity index (χ0n) is 16.9. The summed E-state index contributed by atoms with van der Waals surface area (Å²) in [6, 6.07) is 20.7. The Morgan fingerprint density at radius 1 is 0.862 bits per heavy atom. The van der Waals surface area contributed by atoms with Gasteiger partial charge in [-0.15, -0.1) is 4.40 Å². The summed E-state index contributed by atoms with van der Waals surface area (Å²) in [4.78, 5) is 0.165. The molecule has 0 spiro atoms. The molecule has 0 aliphatic rings. The lowest BCUT2D eigenvalue weighted by Crippen LogP contribution is -2.47. The van der Waals surface area contributed by atoms with Crippen LogP contribution in [0.1, 0.15) is 5.56 Å². The molecular formula is C23H23NO3SSi. The predicted molar refractivity (Wildman–Crippen MR) is 121 cm³/mol. The fraction of sp³-hybridized carbons (Fsp3) is 0.174. The van der Waals surface area contributed by atoms with Crippen molar-refractivity contribution in [2.45, 2.75) is 31.5 Å². The van der Waals surface area contributed by atoms with Gasteiger partial charge in [-0.3, -0.25) is 0 Å². The minimum absolute atomic E-state index is 0.165. The second-order valence-electron chi connectivity index (χ2n) is 8.29. The van der Waals surface area contributed by atoms with Crippen molar-refractivity contribution in [3.63, 3.8) is 0 Å². The summed E-state index contributed by atoms with van der Waals surface area (Å²) in [6.07, 6.45) is 0. The Morgan fingerprint density at radius 2 is 1.55 bits per heavy atom. The van der Waals surface area contributed by atoms with Crippen molar-refractivity contribution in [1.82, 2.24) is 0 Å². The van der Waals surface area contributed by atoms with Crippen LogP contribution in [-0.4, -0.2) is 16.5 Å². The Morgan fingerprint density at radius 3 is 2.24 bits per heavy atom. The fourth-order valence-corrected chi connectivity index (χ4v) is 5.70. The van der Waals surface area contributed by atoms with Gasteiger partial charge in [-0.2, -0.15) is 8.42 Å². The van der Waals surface area contributed by atoms with E-state index in [1.54, 1.807) is 24.3 Å². The SMILES string of the molecule is Cc1ccc(S(=O)(=O)/N=c2\oc3ccc4ccccc4c3cc2[Si](C)(C)C)cc1. The lowest BCUT2D eigenvalue weighted by molar-refractivity contribution is 0.545. The number of aryl methyl sites for hydroxylation is 1. The standard InChI is InChI=1S/C23H23NO3SSi/c1-16-9-12-18(13-10-16)28(25,26)24-23-22(29(2,3)4)15-20-19-8-6-5-7-17(19)11-14-21(20)27-23/h5-15H,1-4H3/b24-23-. The monoisotopic (exact) mass is 421 g/mol. The van der Waals surface area contributed by atoms with Gasteiger partial charge in [0.1, 0.15) is 5.58 Å². The predicted octanol–water partition coefficient (Wildman–Crippen LogP) is 4.73. The molecule has 0 saturated heterocycles. The quantitative estimate of drug-likeness (QED) is 0.355. The number of fused-ring (bicyclic) bond motifs is 3. The minimum Gasteiger partial charge on any atom is -0.438 e. The van der Waals surface area contributed by atoms with E-state index in [0.717, 1.165) is 26.9 Å². The highest BCUT2D eigenvalue weighted by Crippen LogP contribution is 2.24. The Balaban J connectivity index is 2.04.